The van der Waals surface area contributed by atoms with Gasteiger partial charge in [0.05, 0.1) is 5.41 Å². The Balaban J connectivity index is 1.72. The van der Waals surface area contributed by atoms with Crippen molar-refractivity contribution in [2.45, 2.75) is 63.9 Å². The Morgan fingerprint density at radius 2 is 1.71 bits per heavy atom. The summed E-state index contributed by atoms with van der Waals surface area (Å²) in [4.78, 5) is 0. The van der Waals surface area contributed by atoms with E-state index in [0.29, 0.717) is 12.3 Å². The summed E-state index contributed by atoms with van der Waals surface area (Å²) in [5, 5.41) is 9.43. The molecular formula is C17H22F6O. The second-order valence-electron chi connectivity index (χ2n) is 8.99. The smallest absolute Gasteiger partial charge is 0.384 e. The lowest BCUT2D eigenvalue weighted by atomic mass is 9.55. The first kappa shape index (κ1) is 17.0. The van der Waals surface area contributed by atoms with Gasteiger partial charge in [-0.1, -0.05) is 6.92 Å². The highest BCUT2D eigenvalue weighted by atomic mass is 19.4. The van der Waals surface area contributed by atoms with E-state index in [9.17, 15) is 31.4 Å². The number of aliphatic hydroxyl groups is 1. The minimum absolute atomic E-state index is 0.107. The van der Waals surface area contributed by atoms with Crippen LogP contribution in [0.4, 0.5) is 26.3 Å². The lowest BCUT2D eigenvalue weighted by molar-refractivity contribution is -0.284. The maximum absolute atomic E-state index is 14.0. The van der Waals surface area contributed by atoms with Crippen molar-refractivity contribution in [3.8, 4) is 0 Å². The average Bonchev–Trinajstić information content (AvgIpc) is 3.11. The Kier molecular flexibility index (Phi) is 3.27. The van der Waals surface area contributed by atoms with Crippen LogP contribution >= 0.6 is 0 Å². The van der Waals surface area contributed by atoms with Gasteiger partial charge >= 0.3 is 12.4 Å². The summed E-state index contributed by atoms with van der Waals surface area (Å²) in [7, 11) is 0. The maximum Gasteiger partial charge on any atom is 0.414 e. The second kappa shape index (κ2) is 4.63. The van der Waals surface area contributed by atoms with E-state index in [1.807, 2.05) is 6.92 Å². The highest BCUT2D eigenvalue weighted by molar-refractivity contribution is 5.21. The van der Waals surface area contributed by atoms with E-state index < -0.39 is 41.6 Å². The molecule has 4 aliphatic rings. The van der Waals surface area contributed by atoms with Crippen molar-refractivity contribution in [3.63, 3.8) is 0 Å². The molecule has 4 bridgehead atoms. The van der Waals surface area contributed by atoms with Crippen LogP contribution in [0.2, 0.25) is 0 Å². The van der Waals surface area contributed by atoms with Gasteiger partial charge in [0.25, 0.3) is 0 Å². The van der Waals surface area contributed by atoms with Crippen LogP contribution < -0.4 is 0 Å². The van der Waals surface area contributed by atoms with Crippen molar-refractivity contribution in [3.05, 3.63) is 0 Å². The zero-order chi connectivity index (χ0) is 17.7. The van der Waals surface area contributed by atoms with Gasteiger partial charge in [0.2, 0.25) is 0 Å². The van der Waals surface area contributed by atoms with E-state index in [4.69, 9.17) is 0 Å². The molecule has 1 N–H and O–H groups in total. The molecule has 0 aromatic heterocycles. The highest BCUT2D eigenvalue weighted by Crippen LogP contribution is 2.79. The van der Waals surface area contributed by atoms with Crippen molar-refractivity contribution in [2.75, 3.05) is 0 Å². The number of aliphatic hydroxyl groups excluding tert-OH is 1. The van der Waals surface area contributed by atoms with Crippen molar-refractivity contribution in [2.24, 2.45) is 40.4 Å². The first-order valence-corrected chi connectivity index (χ1v) is 8.71. The van der Waals surface area contributed by atoms with Crippen LogP contribution in [0.1, 0.15) is 45.4 Å². The fourth-order valence-electron chi connectivity index (χ4n) is 7.44. The molecule has 1 nitrogen and oxygen atoms in total. The van der Waals surface area contributed by atoms with Crippen molar-refractivity contribution < 1.29 is 31.4 Å². The van der Waals surface area contributed by atoms with Crippen LogP contribution in [0.5, 0.6) is 0 Å². The Morgan fingerprint density at radius 3 is 2.29 bits per heavy atom. The van der Waals surface area contributed by atoms with E-state index in [0.717, 1.165) is 19.3 Å². The fourth-order valence-corrected chi connectivity index (χ4v) is 7.44. The molecule has 0 aromatic carbocycles. The molecule has 0 spiro atoms. The maximum atomic E-state index is 14.0. The Labute approximate surface area is 136 Å². The van der Waals surface area contributed by atoms with Crippen molar-refractivity contribution in [1.82, 2.24) is 0 Å². The minimum Gasteiger partial charge on any atom is -0.384 e. The lowest BCUT2D eigenvalue weighted by Gasteiger charge is -2.50. The Morgan fingerprint density at radius 1 is 1.08 bits per heavy atom. The molecule has 24 heavy (non-hydrogen) atoms. The largest absolute Gasteiger partial charge is 0.414 e. The summed E-state index contributed by atoms with van der Waals surface area (Å²) in [5.41, 5.74) is -2.92. The SMILES string of the molecule is CC12CC(C3C4CCC(C4)C31)C(CC(O)C(F)(F)F)(C(F)(F)F)C2. The number of hydrogen-bond acceptors (Lipinski definition) is 1. The summed E-state index contributed by atoms with van der Waals surface area (Å²) >= 11 is 0. The van der Waals surface area contributed by atoms with Crippen molar-refractivity contribution >= 4 is 0 Å². The number of halogens is 6. The second-order valence-corrected chi connectivity index (χ2v) is 8.99. The van der Waals surface area contributed by atoms with Gasteiger partial charge in [-0.25, -0.2) is 0 Å². The van der Waals surface area contributed by atoms with E-state index in [-0.39, 0.29) is 24.2 Å². The normalized spacial score (nSPS) is 51.2. The van der Waals surface area contributed by atoms with E-state index in [1.54, 1.807) is 0 Å². The Bertz CT molecular complexity index is 542. The summed E-state index contributed by atoms with van der Waals surface area (Å²) in [6, 6.07) is 0. The summed E-state index contributed by atoms with van der Waals surface area (Å²) in [6.45, 7) is 1.85. The molecule has 8 unspecified atom stereocenters. The third kappa shape index (κ3) is 1.99. The van der Waals surface area contributed by atoms with Crippen LogP contribution in [-0.2, 0) is 0 Å². The number of hydrogen-bond donors (Lipinski definition) is 1. The number of fused-ring (bicyclic) bond motifs is 9. The zero-order valence-corrected chi connectivity index (χ0v) is 13.4. The summed E-state index contributed by atoms with van der Waals surface area (Å²) in [6.07, 6.45) is -10.8. The number of rotatable bonds is 2. The molecule has 138 valence electrons. The third-order valence-corrected chi connectivity index (χ3v) is 7.87. The van der Waals surface area contributed by atoms with Crippen LogP contribution in [0.3, 0.4) is 0 Å². The van der Waals surface area contributed by atoms with Gasteiger partial charge in [-0.15, -0.1) is 0 Å². The van der Waals surface area contributed by atoms with E-state index >= 15 is 0 Å². The first-order chi connectivity index (χ1) is 10.9. The fraction of sp³-hybridized carbons (Fsp3) is 1.00. The Hall–Kier alpha value is -0.460. The monoisotopic (exact) mass is 356 g/mol. The van der Waals surface area contributed by atoms with Gasteiger partial charge in [-0.2, -0.15) is 26.3 Å². The predicted molar refractivity (Wildman–Crippen MR) is 73.8 cm³/mol. The van der Waals surface area contributed by atoms with Crippen molar-refractivity contribution in [1.29, 1.82) is 0 Å². The topological polar surface area (TPSA) is 20.2 Å². The van der Waals surface area contributed by atoms with Gasteiger partial charge in [0.1, 0.15) is 0 Å². The molecule has 4 fully saturated rings. The van der Waals surface area contributed by atoms with Crippen LogP contribution in [0.15, 0.2) is 0 Å². The average molecular weight is 356 g/mol. The van der Waals surface area contributed by atoms with Gasteiger partial charge in [0.15, 0.2) is 6.10 Å². The molecule has 0 aromatic rings. The molecule has 0 amide bonds. The predicted octanol–water partition coefficient (Wildman–Crippen LogP) is 4.94. The van der Waals surface area contributed by atoms with Crippen LogP contribution in [0.25, 0.3) is 0 Å². The van der Waals surface area contributed by atoms with E-state index in [1.165, 1.54) is 0 Å². The van der Waals surface area contributed by atoms with Gasteiger partial charge < -0.3 is 5.11 Å². The summed E-state index contributed by atoms with van der Waals surface area (Å²) in [5.74, 6) is 0.0507. The molecule has 4 saturated carbocycles. The molecule has 0 radical (unpaired) electrons. The molecular weight excluding hydrogens is 334 g/mol. The molecule has 0 saturated heterocycles. The van der Waals surface area contributed by atoms with Gasteiger partial charge in [0, 0.05) is 0 Å². The van der Waals surface area contributed by atoms with Gasteiger partial charge in [-0.05, 0) is 73.5 Å². The van der Waals surface area contributed by atoms with Gasteiger partial charge in [-0.3, -0.25) is 0 Å². The molecule has 4 rings (SSSR count). The zero-order valence-electron chi connectivity index (χ0n) is 13.4. The molecule has 8 atom stereocenters. The van der Waals surface area contributed by atoms with E-state index in [2.05, 4.69) is 0 Å². The molecule has 7 heteroatoms. The third-order valence-electron chi connectivity index (χ3n) is 7.87. The number of alkyl halides is 6. The lowest BCUT2D eigenvalue weighted by Crippen LogP contribution is -2.53. The first-order valence-electron chi connectivity index (χ1n) is 8.71. The molecule has 0 heterocycles. The highest BCUT2D eigenvalue weighted by Gasteiger charge is 2.77. The molecule has 0 aliphatic heterocycles. The van der Waals surface area contributed by atoms with Crippen LogP contribution in [-0.4, -0.2) is 23.6 Å². The minimum atomic E-state index is -5.00. The standard InChI is InChI=1S/C17H22F6O/c1-14-5-10(12-8-2-3-9(4-8)13(12)14)15(7-14,17(21,22)23)6-11(24)16(18,19)20/h8-13,24H,2-7H2,1H3. The summed E-state index contributed by atoms with van der Waals surface area (Å²) < 4.78 is 80.4. The molecule has 4 aliphatic carbocycles. The van der Waals surface area contributed by atoms with Crippen LogP contribution in [0, 0.1) is 40.4 Å². The quantitative estimate of drug-likeness (QED) is 0.549.